The van der Waals surface area contributed by atoms with Crippen molar-refractivity contribution in [3.8, 4) is 5.75 Å². The molecule has 0 saturated carbocycles. The van der Waals surface area contributed by atoms with Crippen LogP contribution < -0.4 is 9.46 Å². The van der Waals surface area contributed by atoms with Crippen LogP contribution in [0.25, 0.3) is 0 Å². The van der Waals surface area contributed by atoms with Gasteiger partial charge >= 0.3 is 12.4 Å². The third-order valence-corrected chi connectivity index (χ3v) is 6.67. The topological polar surface area (TPSA) is 58.6 Å². The fourth-order valence-corrected chi connectivity index (χ4v) is 4.98. The first-order valence-corrected chi connectivity index (χ1v) is 11.9. The van der Waals surface area contributed by atoms with Crippen LogP contribution in [0.4, 0.5) is 26.3 Å². The van der Waals surface area contributed by atoms with Gasteiger partial charge < -0.3 is 4.74 Å². The molecule has 2 aromatic rings. The number of nitrogens with zero attached hydrogens (tertiary/aromatic N) is 1. The van der Waals surface area contributed by atoms with Crippen LogP contribution in [0, 0.1) is 0 Å². The van der Waals surface area contributed by atoms with Gasteiger partial charge in [0.25, 0.3) is 0 Å². The third kappa shape index (κ3) is 6.86. The zero-order valence-corrected chi connectivity index (χ0v) is 19.2. The van der Waals surface area contributed by atoms with Crippen molar-refractivity contribution < 1.29 is 39.5 Å². The zero-order chi connectivity index (χ0) is 25.3. The Bertz CT molecular complexity index is 1070. The molecule has 5 nitrogen and oxygen atoms in total. The van der Waals surface area contributed by atoms with Crippen molar-refractivity contribution in [1.29, 1.82) is 0 Å². The van der Waals surface area contributed by atoms with E-state index < -0.39 is 44.4 Å². The molecule has 3 rings (SSSR count). The van der Waals surface area contributed by atoms with Crippen LogP contribution in [-0.2, 0) is 28.9 Å². The number of hydrogen-bond donors (Lipinski definition) is 1. The third-order valence-electron chi connectivity index (χ3n) is 5.17. The SMILES string of the molecule is CC(C)Oc1ccc(CN2CC[C@@H](NS(=O)(=O)c3cc(C(F)(F)F)cc(C(F)(F)F)c3)C2)cc1. The summed E-state index contributed by atoms with van der Waals surface area (Å²) in [5.74, 6) is 0.713. The summed E-state index contributed by atoms with van der Waals surface area (Å²) in [7, 11) is -4.62. The van der Waals surface area contributed by atoms with Crippen molar-refractivity contribution in [2.75, 3.05) is 13.1 Å². The highest BCUT2D eigenvalue weighted by Gasteiger charge is 2.39. The van der Waals surface area contributed by atoms with Crippen molar-refractivity contribution in [2.45, 2.75) is 56.2 Å². The van der Waals surface area contributed by atoms with E-state index in [1.165, 1.54) is 0 Å². The lowest BCUT2D eigenvalue weighted by Crippen LogP contribution is -2.37. The minimum atomic E-state index is -5.13. The number of alkyl halides is 6. The van der Waals surface area contributed by atoms with Gasteiger partial charge in [0.1, 0.15) is 5.75 Å². The fraction of sp³-hybridized carbons (Fsp3) is 0.455. The smallest absolute Gasteiger partial charge is 0.416 e. The zero-order valence-electron chi connectivity index (χ0n) is 18.4. The first kappa shape index (κ1) is 26.3. The van der Waals surface area contributed by atoms with Crippen molar-refractivity contribution in [1.82, 2.24) is 9.62 Å². The lowest BCUT2D eigenvalue weighted by molar-refractivity contribution is -0.143. The minimum Gasteiger partial charge on any atom is -0.491 e. The van der Waals surface area contributed by atoms with Gasteiger partial charge in [0.05, 0.1) is 22.1 Å². The summed E-state index contributed by atoms with van der Waals surface area (Å²) in [6.07, 6.45) is -9.88. The highest BCUT2D eigenvalue weighted by molar-refractivity contribution is 7.89. The monoisotopic (exact) mass is 510 g/mol. The molecule has 1 saturated heterocycles. The maximum absolute atomic E-state index is 13.1. The largest absolute Gasteiger partial charge is 0.491 e. The normalized spacial score (nSPS) is 18.0. The van der Waals surface area contributed by atoms with Crippen molar-refractivity contribution >= 4 is 10.0 Å². The van der Waals surface area contributed by atoms with E-state index in [0.29, 0.717) is 25.3 Å². The van der Waals surface area contributed by atoms with Gasteiger partial charge in [-0.25, -0.2) is 13.1 Å². The van der Waals surface area contributed by atoms with E-state index in [4.69, 9.17) is 4.74 Å². The minimum absolute atomic E-state index is 0.0299. The second kappa shape index (κ2) is 9.74. The van der Waals surface area contributed by atoms with Gasteiger partial charge in [-0.05, 0) is 56.2 Å². The fourth-order valence-electron chi connectivity index (χ4n) is 3.65. The van der Waals surface area contributed by atoms with E-state index in [1.807, 2.05) is 43.0 Å². The Morgan fingerprint density at radius 1 is 1.00 bits per heavy atom. The van der Waals surface area contributed by atoms with Crippen LogP contribution in [0.2, 0.25) is 0 Å². The van der Waals surface area contributed by atoms with Gasteiger partial charge in [-0.3, -0.25) is 4.90 Å². The van der Waals surface area contributed by atoms with Crippen molar-refractivity contribution in [2.24, 2.45) is 0 Å². The molecule has 0 aromatic heterocycles. The molecule has 2 aromatic carbocycles. The molecule has 12 heteroatoms. The van der Waals surface area contributed by atoms with E-state index in [9.17, 15) is 34.8 Å². The number of rotatable bonds is 7. The van der Waals surface area contributed by atoms with Gasteiger partial charge in [0.2, 0.25) is 10.0 Å². The average molecular weight is 511 g/mol. The van der Waals surface area contributed by atoms with Crippen molar-refractivity contribution in [3.05, 3.63) is 59.2 Å². The van der Waals surface area contributed by atoms with Gasteiger partial charge in [0, 0.05) is 25.7 Å². The number of nitrogens with one attached hydrogen (secondary N) is 1. The lowest BCUT2D eigenvalue weighted by Gasteiger charge is -2.18. The highest BCUT2D eigenvalue weighted by Crippen LogP contribution is 2.37. The number of hydrogen-bond acceptors (Lipinski definition) is 4. The molecule has 1 fully saturated rings. The van der Waals surface area contributed by atoms with Crippen LogP contribution >= 0.6 is 0 Å². The number of likely N-dealkylation sites (tertiary alicyclic amines) is 1. The van der Waals surface area contributed by atoms with E-state index in [2.05, 4.69) is 4.72 Å². The predicted molar refractivity (Wildman–Crippen MR) is 113 cm³/mol. The molecule has 0 radical (unpaired) electrons. The Hall–Kier alpha value is -2.31. The van der Waals surface area contributed by atoms with Crippen LogP contribution in [0.15, 0.2) is 47.4 Å². The lowest BCUT2D eigenvalue weighted by atomic mass is 10.1. The molecule has 0 unspecified atom stereocenters. The van der Waals surface area contributed by atoms with Crippen LogP contribution in [0.1, 0.15) is 37.0 Å². The Balaban J connectivity index is 1.70. The Morgan fingerprint density at radius 3 is 2.06 bits per heavy atom. The Morgan fingerprint density at radius 2 is 1.56 bits per heavy atom. The maximum Gasteiger partial charge on any atom is 0.416 e. The molecule has 0 spiro atoms. The molecule has 1 aliphatic heterocycles. The number of benzene rings is 2. The molecule has 1 atom stereocenters. The van der Waals surface area contributed by atoms with E-state index in [-0.39, 0.29) is 30.8 Å². The second-order valence-corrected chi connectivity index (χ2v) is 10.1. The molecule has 34 heavy (non-hydrogen) atoms. The molecular formula is C22H24F6N2O3S. The van der Waals surface area contributed by atoms with Gasteiger partial charge in [0.15, 0.2) is 0 Å². The first-order chi connectivity index (χ1) is 15.6. The predicted octanol–water partition coefficient (Wildman–Crippen LogP) is 5.06. The molecule has 1 aliphatic rings. The van der Waals surface area contributed by atoms with Crippen molar-refractivity contribution in [3.63, 3.8) is 0 Å². The quantitative estimate of drug-likeness (QED) is 0.529. The summed E-state index contributed by atoms with van der Waals surface area (Å²) < 4.78 is 112. The molecule has 1 heterocycles. The maximum atomic E-state index is 13.1. The summed E-state index contributed by atoms with van der Waals surface area (Å²) in [5.41, 5.74) is -2.41. The second-order valence-electron chi connectivity index (χ2n) is 8.39. The summed E-state index contributed by atoms with van der Waals surface area (Å²) in [5, 5.41) is 0. The number of halogens is 6. The summed E-state index contributed by atoms with van der Waals surface area (Å²) in [4.78, 5) is 0.868. The van der Waals surface area contributed by atoms with E-state index in [1.54, 1.807) is 0 Å². The molecule has 0 aliphatic carbocycles. The Kier molecular flexibility index (Phi) is 7.54. The van der Waals surface area contributed by atoms with Crippen LogP contribution in [0.5, 0.6) is 5.75 Å². The summed E-state index contributed by atoms with van der Waals surface area (Å²) in [6, 6.07) is 7.05. The molecule has 0 amide bonds. The molecule has 188 valence electrons. The number of ether oxygens (including phenoxy) is 1. The standard InChI is InChI=1S/C22H24F6N2O3S/c1-14(2)33-19-5-3-15(4-6-19)12-30-8-7-18(13-30)29-34(31,32)20-10-16(21(23,24)25)9-17(11-20)22(26,27)28/h3-6,9-11,14,18,29H,7-8,12-13H2,1-2H3/t18-/m1/s1. The molecule has 0 bridgehead atoms. The van der Waals surface area contributed by atoms with Gasteiger partial charge in [-0.2, -0.15) is 26.3 Å². The van der Waals surface area contributed by atoms with E-state index >= 15 is 0 Å². The number of sulfonamides is 1. The summed E-state index contributed by atoms with van der Waals surface area (Å²) >= 11 is 0. The van der Waals surface area contributed by atoms with Gasteiger partial charge in [-0.1, -0.05) is 12.1 Å². The highest BCUT2D eigenvalue weighted by atomic mass is 32.2. The average Bonchev–Trinajstić information content (AvgIpc) is 3.13. The Labute approximate surface area is 193 Å². The molecular weight excluding hydrogens is 486 g/mol. The van der Waals surface area contributed by atoms with Gasteiger partial charge in [-0.15, -0.1) is 0 Å². The first-order valence-electron chi connectivity index (χ1n) is 10.4. The van der Waals surface area contributed by atoms with Crippen LogP contribution in [0.3, 0.4) is 0 Å². The summed E-state index contributed by atoms with van der Waals surface area (Å²) in [6.45, 7) is 5.08. The van der Waals surface area contributed by atoms with Crippen LogP contribution in [-0.4, -0.2) is 38.6 Å². The van der Waals surface area contributed by atoms with E-state index in [0.717, 1.165) is 5.56 Å². The molecule has 1 N–H and O–H groups in total.